The second kappa shape index (κ2) is 9.69. The van der Waals surface area contributed by atoms with Crippen LogP contribution in [0, 0.1) is 10.1 Å². The van der Waals surface area contributed by atoms with Crippen molar-refractivity contribution in [2.75, 3.05) is 10.6 Å². The Morgan fingerprint density at radius 2 is 1.76 bits per heavy atom. The lowest BCUT2D eigenvalue weighted by molar-refractivity contribution is -0.386. The third-order valence-corrected chi connectivity index (χ3v) is 4.64. The number of furan rings is 1. The monoisotopic (exact) mass is 461 g/mol. The molecule has 0 spiro atoms. The maximum absolute atomic E-state index is 12.6. The van der Waals surface area contributed by atoms with Crippen molar-refractivity contribution in [3.8, 4) is 5.75 Å². The second-order valence-corrected chi connectivity index (χ2v) is 7.14. The molecule has 0 aliphatic rings. The molecule has 0 aliphatic heterocycles. The van der Waals surface area contributed by atoms with E-state index in [2.05, 4.69) is 15.7 Å². The summed E-state index contributed by atoms with van der Waals surface area (Å²) < 4.78 is 12.5. The summed E-state index contributed by atoms with van der Waals surface area (Å²) in [5.74, 6) is -0.438. The van der Waals surface area contributed by atoms with Gasteiger partial charge < -0.3 is 19.8 Å². The van der Waals surface area contributed by atoms with Gasteiger partial charge in [-0.1, -0.05) is 18.2 Å². The lowest BCUT2D eigenvalue weighted by atomic mass is 10.2. The molecule has 0 saturated carbocycles. The van der Waals surface area contributed by atoms with E-state index in [1.807, 2.05) is 0 Å². The van der Waals surface area contributed by atoms with Crippen molar-refractivity contribution in [3.63, 3.8) is 0 Å². The number of benzene rings is 2. The van der Waals surface area contributed by atoms with Crippen LogP contribution >= 0.6 is 0 Å². The molecule has 172 valence electrons. The SMILES string of the molecule is Cn1ccc(C(=O)Nc2cccc(NC(=O)c3ccc(COc4ccccc4[N+](=O)[O-])o3)c2)n1. The molecule has 34 heavy (non-hydrogen) atoms. The van der Waals surface area contributed by atoms with E-state index in [1.54, 1.807) is 61.8 Å². The number of nitro groups is 1. The molecule has 2 amide bonds. The van der Waals surface area contributed by atoms with E-state index >= 15 is 0 Å². The maximum Gasteiger partial charge on any atom is 0.310 e. The zero-order valence-corrected chi connectivity index (χ0v) is 17.9. The van der Waals surface area contributed by atoms with E-state index < -0.39 is 10.8 Å². The van der Waals surface area contributed by atoms with Crippen molar-refractivity contribution in [2.24, 2.45) is 7.05 Å². The molecule has 2 aromatic carbocycles. The van der Waals surface area contributed by atoms with Gasteiger partial charge in [-0.15, -0.1) is 0 Å². The molecule has 2 aromatic heterocycles. The first-order chi connectivity index (χ1) is 16.4. The molecule has 4 aromatic rings. The fourth-order valence-corrected chi connectivity index (χ4v) is 3.06. The Kier molecular flexibility index (Phi) is 6.35. The third-order valence-electron chi connectivity index (χ3n) is 4.64. The highest BCUT2D eigenvalue weighted by atomic mass is 16.6. The highest BCUT2D eigenvalue weighted by Gasteiger charge is 2.16. The highest BCUT2D eigenvalue weighted by molar-refractivity contribution is 6.04. The van der Waals surface area contributed by atoms with Gasteiger partial charge in [0, 0.05) is 30.7 Å². The van der Waals surface area contributed by atoms with E-state index in [4.69, 9.17) is 9.15 Å². The number of ether oxygens (including phenoxy) is 1. The molecule has 0 radical (unpaired) electrons. The predicted octanol–water partition coefficient (Wildman–Crippen LogP) is 4.00. The van der Waals surface area contributed by atoms with Crippen molar-refractivity contribution in [1.82, 2.24) is 9.78 Å². The number of nitrogens with one attached hydrogen (secondary N) is 2. The summed E-state index contributed by atoms with van der Waals surface area (Å²) in [5.41, 5.74) is 1.02. The number of hydrogen-bond acceptors (Lipinski definition) is 7. The summed E-state index contributed by atoms with van der Waals surface area (Å²) in [4.78, 5) is 35.4. The van der Waals surface area contributed by atoms with Gasteiger partial charge in [0.2, 0.25) is 0 Å². The summed E-state index contributed by atoms with van der Waals surface area (Å²) in [7, 11) is 1.71. The van der Waals surface area contributed by atoms with Gasteiger partial charge in [0.15, 0.2) is 17.2 Å². The van der Waals surface area contributed by atoms with Crippen LogP contribution in [-0.4, -0.2) is 26.5 Å². The van der Waals surface area contributed by atoms with Crippen LogP contribution in [0.15, 0.2) is 77.3 Å². The van der Waals surface area contributed by atoms with Crippen LogP contribution in [0.2, 0.25) is 0 Å². The average Bonchev–Trinajstić information content (AvgIpc) is 3.47. The fourth-order valence-electron chi connectivity index (χ4n) is 3.06. The summed E-state index contributed by atoms with van der Waals surface area (Å²) >= 11 is 0. The van der Waals surface area contributed by atoms with Crippen molar-refractivity contribution >= 4 is 28.9 Å². The summed E-state index contributed by atoms with van der Waals surface area (Å²) in [6.07, 6.45) is 1.66. The number of para-hydroxylation sites is 2. The van der Waals surface area contributed by atoms with Gasteiger partial charge in [0.05, 0.1) is 4.92 Å². The number of carbonyl (C=O) groups excluding carboxylic acids is 2. The minimum Gasteiger partial charge on any atom is -0.479 e. The van der Waals surface area contributed by atoms with E-state index in [9.17, 15) is 19.7 Å². The van der Waals surface area contributed by atoms with Gasteiger partial charge in [-0.25, -0.2) is 0 Å². The molecule has 0 unspecified atom stereocenters. The molecule has 0 bridgehead atoms. The van der Waals surface area contributed by atoms with Crippen LogP contribution in [0.3, 0.4) is 0 Å². The zero-order valence-electron chi connectivity index (χ0n) is 17.9. The summed E-state index contributed by atoms with van der Waals surface area (Å²) in [6.45, 7) is -0.0901. The second-order valence-electron chi connectivity index (χ2n) is 7.14. The molecule has 11 nitrogen and oxygen atoms in total. The highest BCUT2D eigenvalue weighted by Crippen LogP contribution is 2.27. The summed E-state index contributed by atoms with van der Waals surface area (Å²) in [5, 5.41) is 20.5. The largest absolute Gasteiger partial charge is 0.479 e. The van der Waals surface area contributed by atoms with Crippen LogP contribution in [0.25, 0.3) is 0 Å². The Morgan fingerprint density at radius 3 is 2.47 bits per heavy atom. The van der Waals surface area contributed by atoms with Crippen LogP contribution < -0.4 is 15.4 Å². The van der Waals surface area contributed by atoms with Crippen LogP contribution in [0.5, 0.6) is 5.75 Å². The van der Waals surface area contributed by atoms with Crippen LogP contribution in [0.4, 0.5) is 17.1 Å². The quantitative estimate of drug-likeness (QED) is 0.298. The van der Waals surface area contributed by atoms with Crippen molar-refractivity contribution in [3.05, 3.63) is 100 Å². The van der Waals surface area contributed by atoms with Gasteiger partial charge in [0.25, 0.3) is 11.8 Å². The number of nitro benzene ring substituents is 1. The average molecular weight is 461 g/mol. The predicted molar refractivity (Wildman–Crippen MR) is 122 cm³/mol. The molecule has 4 rings (SSSR count). The number of carbonyl (C=O) groups is 2. The smallest absolute Gasteiger partial charge is 0.310 e. The number of amides is 2. The molecule has 2 heterocycles. The first-order valence-corrected chi connectivity index (χ1v) is 10.1. The molecule has 0 atom stereocenters. The summed E-state index contributed by atoms with van der Waals surface area (Å²) in [6, 6.07) is 17.2. The molecule has 11 heteroatoms. The number of aromatic nitrogens is 2. The van der Waals surface area contributed by atoms with Gasteiger partial charge in [-0.3, -0.25) is 24.4 Å². The van der Waals surface area contributed by atoms with E-state index in [1.165, 1.54) is 22.9 Å². The van der Waals surface area contributed by atoms with Gasteiger partial charge in [-0.2, -0.15) is 5.10 Å². The fraction of sp³-hybridized carbons (Fsp3) is 0.0870. The number of anilines is 2. The van der Waals surface area contributed by atoms with E-state index in [-0.39, 0.29) is 35.4 Å². The Bertz CT molecular complexity index is 1360. The molecular weight excluding hydrogens is 442 g/mol. The first kappa shape index (κ1) is 22.3. The van der Waals surface area contributed by atoms with Gasteiger partial charge in [-0.05, 0) is 42.5 Å². The minimum atomic E-state index is -0.538. The third kappa shape index (κ3) is 5.27. The first-order valence-electron chi connectivity index (χ1n) is 10.1. The Labute approximate surface area is 193 Å². The molecule has 2 N–H and O–H groups in total. The number of aryl methyl sites for hydroxylation is 1. The maximum atomic E-state index is 12.6. The Hall–Kier alpha value is -4.93. The van der Waals surface area contributed by atoms with Crippen molar-refractivity contribution < 1.29 is 23.7 Å². The van der Waals surface area contributed by atoms with Crippen LogP contribution in [-0.2, 0) is 13.7 Å². The Morgan fingerprint density at radius 1 is 1.03 bits per heavy atom. The van der Waals surface area contributed by atoms with E-state index in [0.717, 1.165) is 0 Å². The molecule has 0 fully saturated rings. The van der Waals surface area contributed by atoms with Gasteiger partial charge >= 0.3 is 5.69 Å². The van der Waals surface area contributed by atoms with Crippen LogP contribution in [0.1, 0.15) is 26.8 Å². The topological polar surface area (TPSA) is 142 Å². The van der Waals surface area contributed by atoms with E-state index in [0.29, 0.717) is 17.1 Å². The standard InChI is InChI=1S/C23H19N5O6/c1-27-12-11-18(26-27)22(29)24-15-5-4-6-16(13-15)25-23(30)21-10-9-17(34-21)14-33-20-8-3-2-7-19(20)28(31)32/h2-13H,14H2,1H3,(H,24,29)(H,25,30). The van der Waals surface area contributed by atoms with Gasteiger partial charge in [0.1, 0.15) is 12.4 Å². The lowest BCUT2D eigenvalue weighted by Crippen LogP contribution is -2.14. The molecule has 0 saturated heterocycles. The lowest BCUT2D eigenvalue weighted by Gasteiger charge is -2.07. The number of nitrogens with zero attached hydrogens (tertiary/aromatic N) is 3. The number of hydrogen-bond donors (Lipinski definition) is 2. The zero-order chi connectivity index (χ0) is 24.1. The normalized spacial score (nSPS) is 10.5. The number of rotatable bonds is 8. The minimum absolute atomic E-state index is 0.0316. The molecule has 0 aliphatic carbocycles. The Balaban J connectivity index is 1.37. The molecular formula is C23H19N5O6. The van der Waals surface area contributed by atoms with Crippen molar-refractivity contribution in [2.45, 2.75) is 6.61 Å². The van der Waals surface area contributed by atoms with Crippen molar-refractivity contribution in [1.29, 1.82) is 0 Å².